The van der Waals surface area contributed by atoms with E-state index >= 15 is 0 Å². The van der Waals surface area contributed by atoms with Crippen molar-refractivity contribution in [2.24, 2.45) is 0 Å². The van der Waals surface area contributed by atoms with Gasteiger partial charge in [0, 0.05) is 18.1 Å². The van der Waals surface area contributed by atoms with Crippen molar-refractivity contribution in [3.05, 3.63) is 0 Å². The van der Waals surface area contributed by atoms with Gasteiger partial charge in [-0.05, 0) is 6.42 Å². The maximum absolute atomic E-state index is 11.3. The van der Waals surface area contributed by atoms with Gasteiger partial charge in [-0.3, -0.25) is 9.59 Å². The van der Waals surface area contributed by atoms with Crippen LogP contribution in [-0.2, 0) is 9.59 Å². The molecule has 0 spiro atoms. The number of hydrogen-bond acceptors (Lipinski definition) is 5. The molecule has 1 atom stereocenters. The Morgan fingerprint density at radius 3 is 3.00 bits per heavy atom. The first kappa shape index (κ1) is 11.9. The number of hydrogen-bond donors (Lipinski definition) is 3. The van der Waals surface area contributed by atoms with E-state index < -0.39 is 0 Å². The molecule has 6 heteroatoms. The Morgan fingerprint density at radius 1 is 1.64 bits per heavy atom. The molecule has 2 N–H and O–H groups in total. The summed E-state index contributed by atoms with van der Waals surface area (Å²) < 4.78 is 0. The van der Waals surface area contributed by atoms with Gasteiger partial charge >= 0.3 is 0 Å². The van der Waals surface area contributed by atoms with Gasteiger partial charge in [-0.15, -0.1) is 0 Å². The van der Waals surface area contributed by atoms with Gasteiger partial charge in [0.15, 0.2) is 0 Å². The zero-order valence-corrected chi connectivity index (χ0v) is 9.50. The van der Waals surface area contributed by atoms with E-state index in [1.54, 1.807) is 0 Å². The molecule has 14 heavy (non-hydrogen) atoms. The molecule has 1 aliphatic heterocycles. The molecule has 1 saturated heterocycles. The quantitative estimate of drug-likeness (QED) is 0.450. The predicted molar refractivity (Wildman–Crippen MR) is 60.7 cm³/mol. The number of thiol groups is 1. The smallest absolute Gasteiger partial charge is 0.234 e. The van der Waals surface area contributed by atoms with Gasteiger partial charge in [0.1, 0.15) is 0 Å². The van der Waals surface area contributed by atoms with Crippen LogP contribution in [0.25, 0.3) is 0 Å². The average molecular weight is 234 g/mol. The SMILES string of the molecule is O=C(CNCCS)N[C@H]1CCSC1=O. The monoisotopic (exact) mass is 234 g/mol. The predicted octanol–water partition coefficient (Wildman–Crippen LogP) is -0.346. The highest BCUT2D eigenvalue weighted by atomic mass is 32.2. The van der Waals surface area contributed by atoms with Gasteiger partial charge in [-0.1, -0.05) is 11.8 Å². The molecule has 0 radical (unpaired) electrons. The average Bonchev–Trinajstić information content (AvgIpc) is 2.52. The summed E-state index contributed by atoms with van der Waals surface area (Å²) in [5, 5.41) is 5.68. The third kappa shape index (κ3) is 3.89. The fourth-order valence-electron chi connectivity index (χ4n) is 1.15. The molecule has 0 aromatic carbocycles. The highest BCUT2D eigenvalue weighted by molar-refractivity contribution is 8.14. The molecule has 1 fully saturated rings. The van der Waals surface area contributed by atoms with Crippen molar-refractivity contribution in [1.82, 2.24) is 10.6 Å². The topological polar surface area (TPSA) is 58.2 Å². The van der Waals surface area contributed by atoms with E-state index in [-0.39, 0.29) is 23.6 Å². The molecule has 1 rings (SSSR count). The molecule has 80 valence electrons. The molecule has 1 amide bonds. The van der Waals surface area contributed by atoms with Gasteiger partial charge < -0.3 is 10.6 Å². The van der Waals surface area contributed by atoms with E-state index in [9.17, 15) is 9.59 Å². The molecular weight excluding hydrogens is 220 g/mol. The Balaban J connectivity index is 2.16. The second-order valence-electron chi connectivity index (χ2n) is 2.98. The summed E-state index contributed by atoms with van der Waals surface area (Å²) in [6.07, 6.45) is 0.752. The summed E-state index contributed by atoms with van der Waals surface area (Å²) in [6.45, 7) is 0.957. The van der Waals surface area contributed by atoms with Crippen molar-refractivity contribution in [1.29, 1.82) is 0 Å². The molecule has 4 nitrogen and oxygen atoms in total. The molecule has 0 aromatic rings. The zero-order chi connectivity index (χ0) is 10.4. The van der Waals surface area contributed by atoms with Crippen LogP contribution in [0.5, 0.6) is 0 Å². The summed E-state index contributed by atoms with van der Waals surface area (Å²) in [6, 6.07) is -0.273. The summed E-state index contributed by atoms with van der Waals surface area (Å²) >= 11 is 5.29. The number of carbonyl (C=O) groups excluding carboxylic acids is 2. The van der Waals surface area contributed by atoms with E-state index in [2.05, 4.69) is 23.3 Å². The Kier molecular flexibility index (Phi) is 5.36. The minimum atomic E-state index is -0.273. The fourth-order valence-corrected chi connectivity index (χ4v) is 2.24. The molecule has 0 unspecified atom stereocenters. The summed E-state index contributed by atoms with van der Waals surface area (Å²) in [5.74, 6) is 1.40. The highest BCUT2D eigenvalue weighted by Gasteiger charge is 2.26. The number of carbonyl (C=O) groups is 2. The summed E-state index contributed by atoms with van der Waals surface area (Å²) in [5.41, 5.74) is 0. The Labute approximate surface area is 93.0 Å². The fraction of sp³-hybridized carbons (Fsp3) is 0.750. The molecule has 1 aliphatic rings. The highest BCUT2D eigenvalue weighted by Crippen LogP contribution is 2.18. The van der Waals surface area contributed by atoms with Crippen LogP contribution in [0.1, 0.15) is 6.42 Å². The standard InChI is InChI=1S/C8H14N2O2S2/c11-7(5-9-2-3-13)10-6-1-4-14-8(6)12/h6,9,13H,1-5H2,(H,10,11)/t6-/m0/s1. The van der Waals surface area contributed by atoms with Crippen molar-refractivity contribution < 1.29 is 9.59 Å². The normalized spacial score (nSPS) is 21.2. The van der Waals surface area contributed by atoms with Gasteiger partial charge in [0.05, 0.1) is 12.6 Å². The van der Waals surface area contributed by atoms with Crippen LogP contribution >= 0.6 is 24.4 Å². The lowest BCUT2D eigenvalue weighted by Crippen LogP contribution is -2.42. The number of thioether (sulfide) groups is 1. The molecule has 0 aliphatic carbocycles. The van der Waals surface area contributed by atoms with E-state index in [0.29, 0.717) is 12.3 Å². The van der Waals surface area contributed by atoms with Crippen LogP contribution < -0.4 is 10.6 Å². The van der Waals surface area contributed by atoms with Crippen molar-refractivity contribution in [2.45, 2.75) is 12.5 Å². The van der Waals surface area contributed by atoms with E-state index in [4.69, 9.17) is 0 Å². The maximum atomic E-state index is 11.3. The Hall–Kier alpha value is -0.200. The maximum Gasteiger partial charge on any atom is 0.234 e. The van der Waals surface area contributed by atoms with E-state index in [0.717, 1.165) is 12.2 Å². The van der Waals surface area contributed by atoms with Crippen LogP contribution in [-0.4, -0.2) is 41.7 Å². The Morgan fingerprint density at radius 2 is 2.43 bits per heavy atom. The van der Waals surface area contributed by atoms with Crippen LogP contribution in [0, 0.1) is 0 Å². The van der Waals surface area contributed by atoms with Gasteiger partial charge in [-0.2, -0.15) is 12.6 Å². The summed E-state index contributed by atoms with van der Waals surface area (Å²) in [4.78, 5) is 22.4. The van der Waals surface area contributed by atoms with Crippen LogP contribution in [0.4, 0.5) is 0 Å². The van der Waals surface area contributed by atoms with Gasteiger partial charge in [-0.25, -0.2) is 0 Å². The summed E-state index contributed by atoms with van der Waals surface area (Å²) in [7, 11) is 0. The second kappa shape index (κ2) is 6.31. The Bertz CT molecular complexity index is 223. The van der Waals surface area contributed by atoms with Crippen LogP contribution in [0.15, 0.2) is 0 Å². The number of rotatable bonds is 5. The zero-order valence-electron chi connectivity index (χ0n) is 7.78. The minimum Gasteiger partial charge on any atom is -0.344 e. The molecule has 0 bridgehead atoms. The van der Waals surface area contributed by atoms with Gasteiger partial charge in [0.2, 0.25) is 11.0 Å². The van der Waals surface area contributed by atoms with Crippen molar-refractivity contribution >= 4 is 35.4 Å². The minimum absolute atomic E-state index is 0.0764. The van der Waals surface area contributed by atoms with Crippen molar-refractivity contribution in [3.63, 3.8) is 0 Å². The largest absolute Gasteiger partial charge is 0.344 e. The third-order valence-corrected chi connectivity index (χ3v) is 3.08. The van der Waals surface area contributed by atoms with Crippen LogP contribution in [0.2, 0.25) is 0 Å². The van der Waals surface area contributed by atoms with Crippen LogP contribution in [0.3, 0.4) is 0 Å². The van der Waals surface area contributed by atoms with E-state index in [1.165, 1.54) is 11.8 Å². The van der Waals surface area contributed by atoms with E-state index in [1.807, 2.05) is 0 Å². The lowest BCUT2D eigenvalue weighted by atomic mass is 10.2. The number of amides is 1. The lowest BCUT2D eigenvalue weighted by molar-refractivity contribution is -0.123. The number of nitrogens with one attached hydrogen (secondary N) is 2. The molecule has 1 heterocycles. The first-order valence-electron chi connectivity index (χ1n) is 4.51. The molecule has 0 aromatic heterocycles. The first-order valence-corrected chi connectivity index (χ1v) is 6.13. The van der Waals surface area contributed by atoms with Gasteiger partial charge in [0.25, 0.3) is 0 Å². The van der Waals surface area contributed by atoms with Crippen molar-refractivity contribution in [3.8, 4) is 0 Å². The second-order valence-corrected chi connectivity index (χ2v) is 4.52. The lowest BCUT2D eigenvalue weighted by Gasteiger charge is -2.10. The first-order chi connectivity index (χ1) is 6.74. The third-order valence-electron chi connectivity index (χ3n) is 1.84. The van der Waals surface area contributed by atoms with Crippen molar-refractivity contribution in [2.75, 3.05) is 24.6 Å². The molecular formula is C8H14N2O2S2. The molecule has 0 saturated carbocycles.